The molecule has 44 heavy (non-hydrogen) atoms. The first-order valence-corrected chi connectivity index (χ1v) is 14.8. The molecule has 1 fully saturated rings. The van der Waals surface area contributed by atoms with Crippen LogP contribution >= 0.6 is 11.6 Å². The van der Waals surface area contributed by atoms with E-state index in [4.69, 9.17) is 16.3 Å². The molecule has 0 unspecified atom stereocenters. The van der Waals surface area contributed by atoms with Crippen molar-refractivity contribution in [2.75, 3.05) is 50.1 Å². The highest BCUT2D eigenvalue weighted by molar-refractivity contribution is 6.34. The van der Waals surface area contributed by atoms with Crippen LogP contribution in [0.5, 0.6) is 5.75 Å². The predicted octanol–water partition coefficient (Wildman–Crippen LogP) is 4.19. The van der Waals surface area contributed by atoms with Crippen LogP contribution in [0.3, 0.4) is 0 Å². The summed E-state index contributed by atoms with van der Waals surface area (Å²) in [7, 11) is 2.00. The van der Waals surface area contributed by atoms with Gasteiger partial charge in [0.25, 0.3) is 11.6 Å². The average molecular weight is 629 g/mol. The van der Waals surface area contributed by atoms with Gasteiger partial charge >= 0.3 is 0 Å². The molecule has 2 aliphatic heterocycles. The maximum Gasteiger partial charge on any atom is 0.271 e. The van der Waals surface area contributed by atoms with Crippen LogP contribution in [0, 0.1) is 21.8 Å². The van der Waals surface area contributed by atoms with Crippen molar-refractivity contribution in [3.05, 3.63) is 67.2 Å². The van der Waals surface area contributed by atoms with Crippen LogP contribution in [0.25, 0.3) is 10.9 Å². The monoisotopic (exact) mass is 628 g/mol. The van der Waals surface area contributed by atoms with Gasteiger partial charge < -0.3 is 29.7 Å². The number of benzene rings is 2. The molecule has 1 aromatic heterocycles. The number of nitro groups is 1. The highest BCUT2D eigenvalue weighted by Crippen LogP contribution is 2.42. The van der Waals surface area contributed by atoms with E-state index >= 15 is 4.39 Å². The third-order valence-electron chi connectivity index (χ3n) is 7.96. The molecule has 0 radical (unpaired) electrons. The second kappa shape index (κ2) is 12.4. The number of hydrogen-bond acceptors (Lipinski definition) is 8. The number of carbonyl (C=O) groups excluding carboxylic acids is 2. The summed E-state index contributed by atoms with van der Waals surface area (Å²) in [6.07, 6.45) is 1.67. The summed E-state index contributed by atoms with van der Waals surface area (Å²) in [6, 6.07) is 3.45. The highest BCUT2D eigenvalue weighted by Gasteiger charge is 2.32. The Morgan fingerprint density at radius 3 is 2.55 bits per heavy atom. The van der Waals surface area contributed by atoms with Crippen molar-refractivity contribution in [1.29, 1.82) is 0 Å². The lowest BCUT2D eigenvalue weighted by Gasteiger charge is -2.37. The van der Waals surface area contributed by atoms with Crippen LogP contribution in [-0.2, 0) is 4.79 Å². The van der Waals surface area contributed by atoms with Gasteiger partial charge in [-0.15, -0.1) is 0 Å². The minimum Gasteiger partial charge on any atom is -0.487 e. The minimum atomic E-state index is -1.07. The fourth-order valence-electron chi connectivity index (χ4n) is 5.58. The molecule has 3 aromatic rings. The van der Waals surface area contributed by atoms with Crippen molar-refractivity contribution in [1.82, 2.24) is 14.8 Å². The van der Waals surface area contributed by atoms with E-state index in [0.717, 1.165) is 19.2 Å². The molecule has 3 heterocycles. The number of likely N-dealkylation sites (N-methyl/N-ethyl adjacent to an activating group) is 1. The molecule has 0 saturated carbocycles. The fourth-order valence-corrected chi connectivity index (χ4v) is 5.80. The lowest BCUT2D eigenvalue weighted by molar-refractivity contribution is -0.384. The Morgan fingerprint density at radius 2 is 1.91 bits per heavy atom. The Bertz CT molecular complexity index is 1700. The number of piperazine rings is 1. The zero-order valence-corrected chi connectivity index (χ0v) is 25.6. The normalized spacial score (nSPS) is 17.3. The number of non-ortho nitro benzene ring substituents is 1. The standard InChI is InChI=1S/C30H34ClFN6O6/c1-16(2)11-24(30(41)33-23-6-5-18(38(42)43)12-21(23)31)34-29(40)20-14-37-17(3)15-44-28-25(37)19(27(20)39)13-22(32)26(28)36-9-7-35(4)8-10-36/h5-6,12-14,16-17,24H,7-11,15H2,1-4H3,(H,33,41)(H,34,40)/t17-,24-/m0/s1. The van der Waals surface area contributed by atoms with Crippen LogP contribution in [0.2, 0.25) is 5.02 Å². The van der Waals surface area contributed by atoms with E-state index in [1.807, 2.05) is 32.7 Å². The molecular weight excluding hydrogens is 595 g/mol. The number of pyridine rings is 1. The summed E-state index contributed by atoms with van der Waals surface area (Å²) in [5.41, 5.74) is -0.298. The summed E-state index contributed by atoms with van der Waals surface area (Å²) in [4.78, 5) is 55.1. The molecule has 2 aromatic carbocycles. The van der Waals surface area contributed by atoms with Gasteiger partial charge in [0.15, 0.2) is 11.6 Å². The first kappa shape index (κ1) is 31.2. The molecule has 14 heteroatoms. The van der Waals surface area contributed by atoms with Crippen molar-refractivity contribution >= 4 is 51.4 Å². The van der Waals surface area contributed by atoms with Crippen LogP contribution in [0.4, 0.5) is 21.5 Å². The van der Waals surface area contributed by atoms with Crippen molar-refractivity contribution in [3.8, 4) is 5.75 Å². The number of ether oxygens (including phenoxy) is 1. The number of nitrogens with zero attached hydrogens (tertiary/aromatic N) is 4. The molecule has 0 aliphatic carbocycles. The maximum atomic E-state index is 15.7. The van der Waals surface area contributed by atoms with Gasteiger partial charge in [0.2, 0.25) is 11.3 Å². The lowest BCUT2D eigenvalue weighted by atomic mass is 10.0. The van der Waals surface area contributed by atoms with Gasteiger partial charge in [-0.3, -0.25) is 24.5 Å². The number of rotatable bonds is 8. The van der Waals surface area contributed by atoms with E-state index in [1.165, 1.54) is 24.4 Å². The first-order valence-electron chi connectivity index (χ1n) is 14.4. The second-order valence-electron chi connectivity index (χ2n) is 11.7. The fraction of sp³-hybridized carbons (Fsp3) is 0.433. The predicted molar refractivity (Wildman–Crippen MR) is 166 cm³/mol. The number of halogens is 2. The number of nitro benzene ring substituents is 1. The molecule has 0 spiro atoms. The number of nitrogens with one attached hydrogen (secondary N) is 2. The Morgan fingerprint density at radius 1 is 1.20 bits per heavy atom. The van der Waals surface area contributed by atoms with Crippen molar-refractivity contribution < 1.29 is 23.6 Å². The summed E-state index contributed by atoms with van der Waals surface area (Å²) < 4.78 is 23.5. The SMILES string of the molecule is CC(C)C[C@H](NC(=O)c1cn2c3c(c(N4CCN(C)CC4)c(F)cc3c1=O)OC[C@@H]2C)C(=O)Nc1ccc([N+](=O)[O-])cc1Cl. The summed E-state index contributed by atoms with van der Waals surface area (Å²) in [5.74, 6) is -1.76. The number of aromatic nitrogens is 1. The molecule has 2 amide bonds. The first-order chi connectivity index (χ1) is 20.8. The van der Waals surface area contributed by atoms with Crippen LogP contribution < -0.4 is 25.7 Å². The van der Waals surface area contributed by atoms with Crippen LogP contribution in [-0.4, -0.2) is 72.1 Å². The van der Waals surface area contributed by atoms with Gasteiger partial charge in [-0.25, -0.2) is 4.39 Å². The molecule has 0 bridgehead atoms. The zero-order valence-electron chi connectivity index (χ0n) is 24.9. The molecular formula is C30H34ClFN6O6. The van der Waals surface area contributed by atoms with E-state index in [9.17, 15) is 24.5 Å². The van der Waals surface area contributed by atoms with E-state index in [-0.39, 0.29) is 58.1 Å². The molecule has 2 atom stereocenters. The number of anilines is 2. The lowest BCUT2D eigenvalue weighted by Crippen LogP contribution is -2.46. The third kappa shape index (κ3) is 6.06. The highest BCUT2D eigenvalue weighted by atomic mass is 35.5. The molecule has 5 rings (SSSR count). The average Bonchev–Trinajstić information content (AvgIpc) is 2.96. The van der Waals surface area contributed by atoms with Gasteiger partial charge in [0.05, 0.1) is 32.6 Å². The number of amides is 2. The number of hydrogen-bond donors (Lipinski definition) is 2. The minimum absolute atomic E-state index is 0.0112. The quantitative estimate of drug-likeness (QED) is 0.280. The Hall–Kier alpha value is -4.23. The Labute approximate surface area is 257 Å². The molecule has 2 aliphatic rings. The van der Waals surface area contributed by atoms with Gasteiger partial charge in [0, 0.05) is 44.5 Å². The summed E-state index contributed by atoms with van der Waals surface area (Å²) in [6.45, 7) is 8.51. The van der Waals surface area contributed by atoms with Crippen molar-refractivity contribution in [2.24, 2.45) is 5.92 Å². The molecule has 12 nitrogen and oxygen atoms in total. The van der Waals surface area contributed by atoms with Gasteiger partial charge in [0.1, 0.15) is 23.9 Å². The van der Waals surface area contributed by atoms with Crippen LogP contribution in [0.15, 0.2) is 35.3 Å². The summed E-state index contributed by atoms with van der Waals surface area (Å²) >= 11 is 6.15. The van der Waals surface area contributed by atoms with Crippen LogP contribution in [0.1, 0.15) is 43.6 Å². The Kier molecular flexibility index (Phi) is 8.80. The smallest absolute Gasteiger partial charge is 0.271 e. The van der Waals surface area contributed by atoms with Gasteiger partial charge in [-0.2, -0.15) is 0 Å². The molecule has 1 saturated heterocycles. The third-order valence-corrected chi connectivity index (χ3v) is 8.27. The van der Waals surface area contributed by atoms with Gasteiger partial charge in [-0.05, 0) is 38.4 Å². The van der Waals surface area contributed by atoms with E-state index in [2.05, 4.69) is 15.5 Å². The topological polar surface area (TPSA) is 139 Å². The number of carbonyl (C=O) groups is 2. The molecule has 234 valence electrons. The molecule has 2 N–H and O–H groups in total. The second-order valence-corrected chi connectivity index (χ2v) is 12.1. The van der Waals surface area contributed by atoms with Crippen molar-refractivity contribution in [3.63, 3.8) is 0 Å². The maximum absolute atomic E-state index is 15.7. The van der Waals surface area contributed by atoms with Crippen molar-refractivity contribution in [2.45, 2.75) is 39.3 Å². The zero-order chi connectivity index (χ0) is 31.9. The summed E-state index contributed by atoms with van der Waals surface area (Å²) in [5, 5.41) is 16.3. The van der Waals surface area contributed by atoms with Gasteiger partial charge in [-0.1, -0.05) is 25.4 Å². The Balaban J connectivity index is 1.48. The largest absolute Gasteiger partial charge is 0.487 e. The van der Waals surface area contributed by atoms with E-state index in [1.54, 1.807) is 4.57 Å². The van der Waals surface area contributed by atoms with E-state index < -0.39 is 34.0 Å². The van der Waals surface area contributed by atoms with E-state index in [0.29, 0.717) is 24.3 Å².